The molecule has 0 fully saturated rings. The summed E-state index contributed by atoms with van der Waals surface area (Å²) < 4.78 is 11.1. The third-order valence-electron chi connectivity index (χ3n) is 2.94. The number of thiazole rings is 1. The molecule has 1 aromatic heterocycles. The normalized spacial score (nSPS) is 10.4. The van der Waals surface area contributed by atoms with Gasteiger partial charge in [-0.25, -0.2) is 4.98 Å². The monoisotopic (exact) mass is 351 g/mol. The Morgan fingerprint density at radius 2 is 2.17 bits per heavy atom. The number of thiocarbonyl (C=S) groups is 1. The molecule has 0 aliphatic heterocycles. The Labute approximate surface area is 146 Å². The fourth-order valence-electron chi connectivity index (χ4n) is 1.97. The number of nitrogens with zero attached hydrogens (tertiary/aromatic N) is 1. The van der Waals surface area contributed by atoms with Crippen molar-refractivity contribution < 1.29 is 9.47 Å². The van der Waals surface area contributed by atoms with Gasteiger partial charge in [-0.15, -0.1) is 11.3 Å². The lowest BCUT2D eigenvalue weighted by molar-refractivity contribution is 0.230. The topological polar surface area (TPSA) is 55.4 Å². The first-order valence-corrected chi connectivity index (χ1v) is 8.65. The molecule has 2 N–H and O–H groups in total. The Bertz CT molecular complexity index is 630. The largest absolute Gasteiger partial charge is 0.493 e. The predicted molar refractivity (Wildman–Crippen MR) is 98.8 cm³/mol. The van der Waals surface area contributed by atoms with Gasteiger partial charge in [0.2, 0.25) is 0 Å². The first kappa shape index (κ1) is 17.5. The van der Waals surface area contributed by atoms with Crippen LogP contribution in [0.1, 0.15) is 19.4 Å². The summed E-state index contributed by atoms with van der Waals surface area (Å²) in [5.41, 5.74) is 1.16. The number of rotatable bonds is 7. The first-order chi connectivity index (χ1) is 11.1. The Balaban J connectivity index is 1.84. The fraction of sp³-hybridized carbons (Fsp3) is 0.375. The van der Waals surface area contributed by atoms with Gasteiger partial charge < -0.3 is 20.1 Å². The molecule has 1 aromatic carbocycles. The molecule has 124 valence electrons. The van der Waals surface area contributed by atoms with Crippen molar-refractivity contribution in [1.82, 2.24) is 10.3 Å². The van der Waals surface area contributed by atoms with E-state index in [0.29, 0.717) is 5.11 Å². The lowest BCUT2D eigenvalue weighted by Crippen LogP contribution is -2.30. The number of aromatic nitrogens is 1. The van der Waals surface area contributed by atoms with Gasteiger partial charge in [0, 0.05) is 18.1 Å². The highest BCUT2D eigenvalue weighted by atomic mass is 32.1. The van der Waals surface area contributed by atoms with Crippen molar-refractivity contribution in [2.45, 2.75) is 26.4 Å². The highest BCUT2D eigenvalue weighted by Gasteiger charge is 2.07. The summed E-state index contributed by atoms with van der Waals surface area (Å²) in [4.78, 5) is 4.13. The van der Waals surface area contributed by atoms with Crippen LogP contribution in [0.15, 0.2) is 29.8 Å². The van der Waals surface area contributed by atoms with Crippen LogP contribution in [0, 0.1) is 0 Å². The van der Waals surface area contributed by atoms with Crippen molar-refractivity contribution in [2.75, 3.05) is 19.0 Å². The third-order valence-corrected chi connectivity index (χ3v) is 3.88. The Kier molecular flexibility index (Phi) is 6.61. The summed E-state index contributed by atoms with van der Waals surface area (Å²) in [6, 6.07) is 5.98. The van der Waals surface area contributed by atoms with Crippen LogP contribution < -0.4 is 20.1 Å². The van der Waals surface area contributed by atoms with E-state index in [4.69, 9.17) is 21.7 Å². The maximum absolute atomic E-state index is 5.72. The van der Waals surface area contributed by atoms with Crippen LogP contribution in [-0.2, 0) is 6.42 Å². The van der Waals surface area contributed by atoms with E-state index in [1.807, 2.05) is 37.4 Å². The minimum atomic E-state index is 0.116. The molecule has 23 heavy (non-hydrogen) atoms. The molecule has 0 saturated carbocycles. The number of hydrogen-bond acceptors (Lipinski definition) is 5. The van der Waals surface area contributed by atoms with E-state index in [1.54, 1.807) is 13.3 Å². The molecule has 2 aromatic rings. The summed E-state index contributed by atoms with van der Waals surface area (Å²) in [6.45, 7) is 4.71. The Morgan fingerprint density at radius 1 is 1.35 bits per heavy atom. The van der Waals surface area contributed by atoms with Gasteiger partial charge in [-0.1, -0.05) is 6.07 Å². The van der Waals surface area contributed by atoms with Gasteiger partial charge in [0.15, 0.2) is 21.7 Å². The van der Waals surface area contributed by atoms with Crippen LogP contribution in [0.2, 0.25) is 0 Å². The SMILES string of the molecule is COc1cc(CCNC(=S)Nc2nccs2)ccc1OC(C)C. The third kappa shape index (κ3) is 5.69. The lowest BCUT2D eigenvalue weighted by Gasteiger charge is -2.15. The van der Waals surface area contributed by atoms with Crippen LogP contribution in [-0.4, -0.2) is 29.9 Å². The van der Waals surface area contributed by atoms with Crippen LogP contribution in [0.5, 0.6) is 11.5 Å². The molecular weight excluding hydrogens is 330 g/mol. The van der Waals surface area contributed by atoms with Crippen molar-refractivity contribution >= 4 is 33.8 Å². The van der Waals surface area contributed by atoms with Crippen LogP contribution in [0.4, 0.5) is 5.13 Å². The standard InChI is InChI=1S/C16H21N3O2S2/c1-11(2)21-13-5-4-12(10-14(13)20-3)6-7-17-15(22)19-16-18-8-9-23-16/h4-5,8-11H,6-7H2,1-3H3,(H2,17,18,19,22). The number of methoxy groups -OCH3 is 1. The lowest BCUT2D eigenvalue weighted by atomic mass is 10.1. The molecule has 0 saturated heterocycles. The Hall–Kier alpha value is -1.86. The van der Waals surface area contributed by atoms with E-state index < -0.39 is 0 Å². The summed E-state index contributed by atoms with van der Waals surface area (Å²) in [6.07, 6.45) is 2.69. The second kappa shape index (κ2) is 8.69. The molecule has 0 radical (unpaired) electrons. The average Bonchev–Trinajstić information content (AvgIpc) is 3.01. The molecule has 1 heterocycles. The van der Waals surface area contributed by atoms with Gasteiger partial charge in [0.05, 0.1) is 13.2 Å². The summed E-state index contributed by atoms with van der Waals surface area (Å²) in [5.74, 6) is 1.51. The maximum atomic E-state index is 5.72. The first-order valence-electron chi connectivity index (χ1n) is 7.36. The summed E-state index contributed by atoms with van der Waals surface area (Å²) in [7, 11) is 1.65. The fourth-order valence-corrected chi connectivity index (χ4v) is 2.76. The van der Waals surface area contributed by atoms with E-state index >= 15 is 0 Å². The molecule has 2 rings (SSSR count). The van der Waals surface area contributed by atoms with Crippen LogP contribution in [0.25, 0.3) is 0 Å². The van der Waals surface area contributed by atoms with E-state index in [9.17, 15) is 0 Å². The molecule has 7 heteroatoms. The minimum absolute atomic E-state index is 0.116. The minimum Gasteiger partial charge on any atom is -0.493 e. The summed E-state index contributed by atoms with van der Waals surface area (Å²) >= 11 is 6.75. The molecule has 0 amide bonds. The number of nitrogens with one attached hydrogen (secondary N) is 2. The second-order valence-corrected chi connectivity index (χ2v) is 6.42. The van der Waals surface area contributed by atoms with E-state index in [1.165, 1.54) is 11.3 Å². The van der Waals surface area contributed by atoms with Gasteiger partial charge in [0.1, 0.15) is 0 Å². The molecule has 0 atom stereocenters. The molecule has 0 bridgehead atoms. The average molecular weight is 351 g/mol. The number of hydrogen-bond donors (Lipinski definition) is 2. The van der Waals surface area contributed by atoms with Crippen LogP contribution in [0.3, 0.4) is 0 Å². The summed E-state index contributed by atoms with van der Waals surface area (Å²) in [5, 5.41) is 9.48. The van der Waals surface area contributed by atoms with Gasteiger partial charge in [-0.2, -0.15) is 0 Å². The van der Waals surface area contributed by atoms with Gasteiger partial charge in [-0.3, -0.25) is 0 Å². The molecule has 0 aliphatic carbocycles. The van der Waals surface area contributed by atoms with Gasteiger partial charge >= 0.3 is 0 Å². The molecule has 5 nitrogen and oxygen atoms in total. The van der Waals surface area contributed by atoms with Crippen molar-refractivity contribution in [2.24, 2.45) is 0 Å². The van der Waals surface area contributed by atoms with Crippen molar-refractivity contribution in [3.05, 3.63) is 35.3 Å². The second-order valence-electron chi connectivity index (χ2n) is 5.12. The quantitative estimate of drug-likeness (QED) is 0.745. The highest BCUT2D eigenvalue weighted by Crippen LogP contribution is 2.29. The molecular formula is C16H21N3O2S2. The van der Waals surface area contributed by atoms with Gasteiger partial charge in [-0.05, 0) is 50.2 Å². The molecule has 0 unspecified atom stereocenters. The zero-order valence-electron chi connectivity index (χ0n) is 13.5. The van der Waals surface area contributed by atoms with Gasteiger partial charge in [0.25, 0.3) is 0 Å². The van der Waals surface area contributed by atoms with Crippen molar-refractivity contribution in [3.63, 3.8) is 0 Å². The number of anilines is 1. The highest BCUT2D eigenvalue weighted by molar-refractivity contribution is 7.80. The van der Waals surface area contributed by atoms with E-state index in [0.717, 1.165) is 35.2 Å². The zero-order chi connectivity index (χ0) is 16.7. The molecule has 0 spiro atoms. The number of benzene rings is 1. The molecule has 0 aliphatic rings. The van der Waals surface area contributed by atoms with E-state index in [-0.39, 0.29) is 6.10 Å². The Morgan fingerprint density at radius 3 is 2.83 bits per heavy atom. The van der Waals surface area contributed by atoms with E-state index in [2.05, 4.69) is 15.6 Å². The maximum Gasteiger partial charge on any atom is 0.188 e. The predicted octanol–water partition coefficient (Wildman–Crippen LogP) is 3.47. The smallest absolute Gasteiger partial charge is 0.188 e. The zero-order valence-corrected chi connectivity index (χ0v) is 15.1. The van der Waals surface area contributed by atoms with Crippen molar-refractivity contribution in [3.8, 4) is 11.5 Å². The van der Waals surface area contributed by atoms with Crippen LogP contribution >= 0.6 is 23.6 Å². The van der Waals surface area contributed by atoms with Crippen molar-refractivity contribution in [1.29, 1.82) is 0 Å². The number of ether oxygens (including phenoxy) is 2.